The monoisotopic (exact) mass is 320 g/mol. The Morgan fingerprint density at radius 1 is 1.60 bits per heavy atom. The minimum absolute atomic E-state index is 0.139. The van der Waals surface area contributed by atoms with Crippen LogP contribution in [0.25, 0.3) is 0 Å². The summed E-state index contributed by atoms with van der Waals surface area (Å²) in [5.74, 6) is -0.139. The van der Waals surface area contributed by atoms with Crippen LogP contribution in [-0.2, 0) is 16.2 Å². The molecule has 15 heavy (non-hydrogen) atoms. The molecule has 0 saturated heterocycles. The van der Waals surface area contributed by atoms with Crippen molar-refractivity contribution in [3.05, 3.63) is 27.3 Å². The maximum Gasteiger partial charge on any atom is 0.243 e. The number of hydrogen-bond donors (Lipinski definition) is 2. The summed E-state index contributed by atoms with van der Waals surface area (Å²) in [4.78, 5) is 16.0. The standard InChI is InChI=1S/C10H13IN2O2/c1-2-10(14)13-15-6-7-8(11)4-3-5-9(7)12/h3-5H,2,6,12H2,1H3,(H,13,14). The van der Waals surface area contributed by atoms with E-state index in [0.717, 1.165) is 9.13 Å². The molecule has 1 aromatic rings. The van der Waals surface area contributed by atoms with E-state index in [1.807, 2.05) is 18.2 Å². The predicted octanol–water partition coefficient (Wildman–Crippen LogP) is 1.83. The molecule has 0 aromatic heterocycles. The van der Waals surface area contributed by atoms with E-state index in [9.17, 15) is 4.79 Å². The number of benzene rings is 1. The number of nitrogens with two attached hydrogens (primary N) is 1. The van der Waals surface area contributed by atoms with Crippen molar-refractivity contribution < 1.29 is 9.63 Å². The zero-order valence-corrected chi connectivity index (χ0v) is 10.6. The predicted molar refractivity (Wildman–Crippen MR) is 66.8 cm³/mol. The lowest BCUT2D eigenvalue weighted by Gasteiger charge is -2.08. The summed E-state index contributed by atoms with van der Waals surface area (Å²) in [7, 11) is 0. The quantitative estimate of drug-likeness (QED) is 0.505. The second-order valence-electron chi connectivity index (χ2n) is 2.98. The molecule has 4 nitrogen and oxygen atoms in total. The van der Waals surface area contributed by atoms with Gasteiger partial charge in [-0.3, -0.25) is 9.63 Å². The first-order valence-corrected chi connectivity index (χ1v) is 5.66. The van der Waals surface area contributed by atoms with Crippen LogP contribution in [0.15, 0.2) is 18.2 Å². The van der Waals surface area contributed by atoms with E-state index in [4.69, 9.17) is 10.6 Å². The van der Waals surface area contributed by atoms with Gasteiger partial charge in [0.05, 0.1) is 0 Å². The maximum atomic E-state index is 10.9. The fourth-order valence-corrected chi connectivity index (χ4v) is 1.66. The number of nitrogen functional groups attached to an aromatic ring is 1. The highest BCUT2D eigenvalue weighted by molar-refractivity contribution is 14.1. The fraction of sp³-hybridized carbons (Fsp3) is 0.300. The molecule has 0 bridgehead atoms. The summed E-state index contributed by atoms with van der Waals surface area (Å²) < 4.78 is 1.03. The molecular formula is C10H13IN2O2. The summed E-state index contributed by atoms with van der Waals surface area (Å²) in [6.07, 6.45) is 0.404. The normalized spacial score (nSPS) is 10.0. The number of hydroxylamine groups is 1. The van der Waals surface area contributed by atoms with Gasteiger partial charge in [0.15, 0.2) is 0 Å². The van der Waals surface area contributed by atoms with Crippen LogP contribution in [0.1, 0.15) is 18.9 Å². The van der Waals surface area contributed by atoms with Crippen LogP contribution in [0.2, 0.25) is 0 Å². The number of anilines is 1. The lowest BCUT2D eigenvalue weighted by Crippen LogP contribution is -2.22. The fourth-order valence-electron chi connectivity index (χ4n) is 0.989. The van der Waals surface area contributed by atoms with Crippen LogP contribution in [0.5, 0.6) is 0 Å². The van der Waals surface area contributed by atoms with Crippen LogP contribution in [0.3, 0.4) is 0 Å². The van der Waals surface area contributed by atoms with Crippen molar-refractivity contribution >= 4 is 34.2 Å². The van der Waals surface area contributed by atoms with Gasteiger partial charge in [0, 0.05) is 21.2 Å². The van der Waals surface area contributed by atoms with Crippen LogP contribution in [0, 0.1) is 3.57 Å². The third-order valence-corrected chi connectivity index (χ3v) is 2.89. The number of amides is 1. The van der Waals surface area contributed by atoms with Crippen molar-refractivity contribution in [2.45, 2.75) is 20.0 Å². The highest BCUT2D eigenvalue weighted by Gasteiger charge is 2.04. The third-order valence-electron chi connectivity index (χ3n) is 1.88. The van der Waals surface area contributed by atoms with Crippen molar-refractivity contribution in [2.24, 2.45) is 0 Å². The Balaban J connectivity index is 2.54. The summed E-state index contributed by atoms with van der Waals surface area (Å²) in [6.45, 7) is 2.05. The third kappa shape index (κ3) is 3.67. The van der Waals surface area contributed by atoms with Gasteiger partial charge >= 0.3 is 0 Å². The maximum absolute atomic E-state index is 10.9. The second-order valence-corrected chi connectivity index (χ2v) is 4.14. The van der Waals surface area contributed by atoms with Crippen molar-refractivity contribution in [3.8, 4) is 0 Å². The number of carbonyl (C=O) groups is 1. The van der Waals surface area contributed by atoms with Gasteiger partial charge in [-0.1, -0.05) is 13.0 Å². The molecule has 0 unspecified atom stereocenters. The highest BCUT2D eigenvalue weighted by Crippen LogP contribution is 2.19. The van der Waals surface area contributed by atoms with E-state index in [1.165, 1.54) is 0 Å². The summed E-state index contributed by atoms with van der Waals surface area (Å²) in [5, 5.41) is 0. The molecule has 0 fully saturated rings. The summed E-state index contributed by atoms with van der Waals surface area (Å²) >= 11 is 2.18. The number of rotatable bonds is 4. The molecular weight excluding hydrogens is 307 g/mol. The van der Waals surface area contributed by atoms with Crippen LogP contribution >= 0.6 is 22.6 Å². The van der Waals surface area contributed by atoms with E-state index < -0.39 is 0 Å². The molecule has 0 saturated carbocycles. The van der Waals surface area contributed by atoms with E-state index in [2.05, 4.69) is 28.1 Å². The number of hydrogen-bond acceptors (Lipinski definition) is 3. The Bertz CT molecular complexity index is 335. The molecule has 0 aliphatic rings. The molecule has 1 rings (SSSR count). The Hall–Kier alpha value is -0.820. The van der Waals surface area contributed by atoms with Crippen molar-refractivity contribution in [1.29, 1.82) is 0 Å². The van der Waals surface area contributed by atoms with Gasteiger partial charge in [-0.25, -0.2) is 5.48 Å². The van der Waals surface area contributed by atoms with Crippen LogP contribution < -0.4 is 11.2 Å². The Kier molecular flexibility index (Phi) is 4.83. The molecule has 0 aliphatic heterocycles. The van der Waals surface area contributed by atoms with Gasteiger partial charge in [-0.05, 0) is 34.7 Å². The van der Waals surface area contributed by atoms with Crippen LogP contribution in [-0.4, -0.2) is 5.91 Å². The Morgan fingerprint density at radius 3 is 2.93 bits per heavy atom. The number of halogens is 1. The molecule has 0 atom stereocenters. The lowest BCUT2D eigenvalue weighted by atomic mass is 10.2. The smallest absolute Gasteiger partial charge is 0.243 e. The zero-order valence-electron chi connectivity index (χ0n) is 8.42. The first-order chi connectivity index (χ1) is 7.15. The Labute approximate surface area is 102 Å². The molecule has 0 radical (unpaired) electrons. The van der Waals surface area contributed by atoms with Gasteiger partial charge in [0.25, 0.3) is 0 Å². The molecule has 82 valence electrons. The number of nitrogens with one attached hydrogen (secondary N) is 1. The molecule has 5 heteroatoms. The Morgan fingerprint density at radius 2 is 2.33 bits per heavy atom. The van der Waals surface area contributed by atoms with Crippen LogP contribution in [0.4, 0.5) is 5.69 Å². The van der Waals surface area contributed by atoms with Crippen molar-refractivity contribution in [1.82, 2.24) is 5.48 Å². The van der Waals surface area contributed by atoms with Crippen molar-refractivity contribution in [2.75, 3.05) is 5.73 Å². The van der Waals surface area contributed by atoms with E-state index in [-0.39, 0.29) is 12.5 Å². The van der Waals surface area contributed by atoms with Gasteiger partial charge < -0.3 is 5.73 Å². The first-order valence-electron chi connectivity index (χ1n) is 4.58. The summed E-state index contributed by atoms with van der Waals surface area (Å²) in [5.41, 5.74) is 9.68. The largest absolute Gasteiger partial charge is 0.398 e. The zero-order chi connectivity index (χ0) is 11.3. The van der Waals surface area contributed by atoms with E-state index in [1.54, 1.807) is 6.92 Å². The topological polar surface area (TPSA) is 64.3 Å². The minimum Gasteiger partial charge on any atom is -0.398 e. The van der Waals surface area contributed by atoms with Gasteiger partial charge in [-0.2, -0.15) is 0 Å². The summed E-state index contributed by atoms with van der Waals surface area (Å²) in [6, 6.07) is 5.63. The molecule has 0 spiro atoms. The number of carbonyl (C=O) groups excluding carboxylic acids is 1. The first kappa shape index (κ1) is 12.3. The second kappa shape index (κ2) is 5.92. The average molecular weight is 320 g/mol. The highest BCUT2D eigenvalue weighted by atomic mass is 127. The van der Waals surface area contributed by atoms with Gasteiger partial charge in [0.2, 0.25) is 5.91 Å². The minimum atomic E-state index is -0.139. The molecule has 1 aromatic carbocycles. The van der Waals surface area contributed by atoms with Gasteiger partial charge in [0.1, 0.15) is 6.61 Å². The molecule has 0 aliphatic carbocycles. The SMILES string of the molecule is CCC(=O)NOCc1c(N)cccc1I. The van der Waals surface area contributed by atoms with E-state index >= 15 is 0 Å². The van der Waals surface area contributed by atoms with E-state index in [0.29, 0.717) is 12.1 Å². The molecule has 1 amide bonds. The molecule has 0 heterocycles. The average Bonchev–Trinajstić information content (AvgIpc) is 2.22. The molecule has 3 N–H and O–H groups in total. The lowest BCUT2D eigenvalue weighted by molar-refractivity contribution is -0.134. The van der Waals surface area contributed by atoms with Crippen molar-refractivity contribution in [3.63, 3.8) is 0 Å². The van der Waals surface area contributed by atoms with Gasteiger partial charge in [-0.15, -0.1) is 0 Å².